The van der Waals surface area contributed by atoms with Gasteiger partial charge in [-0.25, -0.2) is 8.42 Å². The van der Waals surface area contributed by atoms with E-state index in [1.54, 1.807) is 49.5 Å². The van der Waals surface area contributed by atoms with Gasteiger partial charge < -0.3 is 5.32 Å². The first-order valence-corrected chi connectivity index (χ1v) is 10.6. The highest BCUT2D eigenvalue weighted by Gasteiger charge is 2.34. The van der Waals surface area contributed by atoms with Crippen LogP contribution in [0, 0.1) is 13.8 Å². The second-order valence-corrected chi connectivity index (χ2v) is 8.63. The van der Waals surface area contributed by atoms with E-state index in [2.05, 4.69) is 10.3 Å². The quantitative estimate of drug-likeness (QED) is 0.669. The lowest BCUT2D eigenvalue weighted by Crippen LogP contribution is -2.46. The number of aromatic nitrogens is 1. The van der Waals surface area contributed by atoms with Crippen LogP contribution in [0.25, 0.3) is 0 Å². The SMILES string of the molecule is Cc1ccc(C)c(N(C(C)C(=O)Nc2cccnc2)S(=O)(=O)c2ccccc2)c1. The Kier molecular flexibility index (Phi) is 5.98. The largest absolute Gasteiger partial charge is 0.323 e. The van der Waals surface area contributed by atoms with Crippen molar-refractivity contribution < 1.29 is 13.2 Å². The smallest absolute Gasteiger partial charge is 0.265 e. The summed E-state index contributed by atoms with van der Waals surface area (Å²) in [6, 6.07) is 16.1. The molecule has 0 fully saturated rings. The Morgan fingerprint density at radius 3 is 2.41 bits per heavy atom. The molecule has 0 aliphatic carbocycles. The van der Waals surface area contributed by atoms with Gasteiger partial charge in [-0.1, -0.05) is 30.3 Å². The van der Waals surface area contributed by atoms with Gasteiger partial charge in [0.25, 0.3) is 10.0 Å². The van der Waals surface area contributed by atoms with Crippen molar-refractivity contribution in [1.29, 1.82) is 0 Å². The number of hydrogen-bond donors (Lipinski definition) is 1. The molecule has 1 atom stereocenters. The Bertz CT molecular complexity index is 1100. The fourth-order valence-corrected chi connectivity index (χ4v) is 4.69. The van der Waals surface area contributed by atoms with Crippen LogP contribution in [-0.4, -0.2) is 25.4 Å². The molecule has 0 aliphatic rings. The maximum Gasteiger partial charge on any atom is 0.265 e. The number of amides is 1. The van der Waals surface area contributed by atoms with Crippen molar-refractivity contribution in [2.24, 2.45) is 0 Å². The van der Waals surface area contributed by atoms with Crippen LogP contribution in [-0.2, 0) is 14.8 Å². The third-order valence-electron chi connectivity index (χ3n) is 4.56. The molecule has 3 rings (SSSR count). The van der Waals surface area contributed by atoms with Crippen molar-refractivity contribution in [2.45, 2.75) is 31.7 Å². The molecular formula is C22H23N3O3S. The second-order valence-electron chi connectivity index (χ2n) is 6.81. The molecule has 1 heterocycles. The predicted octanol–water partition coefficient (Wildman–Crippen LogP) is 3.92. The van der Waals surface area contributed by atoms with Crippen molar-refractivity contribution in [3.63, 3.8) is 0 Å². The first-order valence-electron chi connectivity index (χ1n) is 9.18. The van der Waals surface area contributed by atoms with Gasteiger partial charge in [-0.05, 0) is 62.2 Å². The lowest BCUT2D eigenvalue weighted by atomic mass is 10.1. The monoisotopic (exact) mass is 409 g/mol. The number of nitrogens with one attached hydrogen (secondary N) is 1. The van der Waals surface area contributed by atoms with Crippen molar-refractivity contribution in [3.8, 4) is 0 Å². The summed E-state index contributed by atoms with van der Waals surface area (Å²) in [6.45, 7) is 5.29. The average Bonchev–Trinajstić information content (AvgIpc) is 2.72. The molecule has 2 aromatic carbocycles. The summed E-state index contributed by atoms with van der Waals surface area (Å²) in [6.07, 6.45) is 3.11. The minimum Gasteiger partial charge on any atom is -0.323 e. The van der Waals surface area contributed by atoms with Gasteiger partial charge in [0, 0.05) is 6.20 Å². The van der Waals surface area contributed by atoms with Gasteiger partial charge in [0.05, 0.1) is 22.5 Å². The molecular weight excluding hydrogens is 386 g/mol. The zero-order valence-corrected chi connectivity index (χ0v) is 17.3. The summed E-state index contributed by atoms with van der Waals surface area (Å²) in [7, 11) is -3.97. The van der Waals surface area contributed by atoms with Crippen LogP contribution in [0.15, 0.2) is 78.0 Å². The summed E-state index contributed by atoms with van der Waals surface area (Å²) in [4.78, 5) is 17.1. The van der Waals surface area contributed by atoms with E-state index in [1.807, 2.05) is 26.0 Å². The van der Waals surface area contributed by atoms with Gasteiger partial charge in [-0.3, -0.25) is 14.1 Å². The molecule has 1 aromatic heterocycles. The number of nitrogens with zero attached hydrogens (tertiary/aromatic N) is 2. The van der Waals surface area contributed by atoms with Gasteiger partial charge in [0.15, 0.2) is 0 Å². The van der Waals surface area contributed by atoms with Gasteiger partial charge in [-0.15, -0.1) is 0 Å². The molecule has 6 nitrogen and oxygen atoms in total. The molecule has 0 saturated heterocycles. The standard InChI is InChI=1S/C22H23N3O3S/c1-16-11-12-17(2)21(14-16)25(29(27,28)20-9-5-4-6-10-20)18(3)22(26)24-19-8-7-13-23-15-19/h4-15,18H,1-3H3,(H,24,26). The van der Waals surface area contributed by atoms with Crippen molar-refractivity contribution in [3.05, 3.63) is 84.2 Å². The first-order chi connectivity index (χ1) is 13.8. The Hall–Kier alpha value is -3.19. The number of aryl methyl sites for hydroxylation is 2. The zero-order valence-electron chi connectivity index (χ0n) is 16.5. The normalized spacial score (nSPS) is 12.2. The number of rotatable bonds is 6. The van der Waals surface area contributed by atoms with Crippen LogP contribution in [0.4, 0.5) is 11.4 Å². The maximum absolute atomic E-state index is 13.5. The minimum atomic E-state index is -3.97. The van der Waals surface area contributed by atoms with Gasteiger partial charge in [0.1, 0.15) is 6.04 Å². The van der Waals surface area contributed by atoms with E-state index in [-0.39, 0.29) is 4.90 Å². The molecule has 1 unspecified atom stereocenters. The van der Waals surface area contributed by atoms with Crippen molar-refractivity contribution in [1.82, 2.24) is 4.98 Å². The van der Waals surface area contributed by atoms with E-state index in [4.69, 9.17) is 0 Å². The fourth-order valence-electron chi connectivity index (χ4n) is 3.00. The lowest BCUT2D eigenvalue weighted by Gasteiger charge is -2.31. The number of carbonyl (C=O) groups is 1. The highest BCUT2D eigenvalue weighted by atomic mass is 32.2. The Morgan fingerprint density at radius 1 is 1.03 bits per heavy atom. The Balaban J connectivity index is 2.08. The molecule has 0 bridgehead atoms. The van der Waals surface area contributed by atoms with Crippen molar-refractivity contribution in [2.75, 3.05) is 9.62 Å². The van der Waals surface area contributed by atoms with Gasteiger partial charge >= 0.3 is 0 Å². The van der Waals surface area contributed by atoms with E-state index in [0.717, 1.165) is 11.1 Å². The molecule has 0 saturated carbocycles. The maximum atomic E-state index is 13.5. The summed E-state index contributed by atoms with van der Waals surface area (Å²) in [5.74, 6) is -0.446. The topological polar surface area (TPSA) is 79.4 Å². The van der Waals surface area contributed by atoms with Crippen LogP contribution in [0.3, 0.4) is 0 Å². The third-order valence-corrected chi connectivity index (χ3v) is 6.46. The van der Waals surface area contributed by atoms with E-state index in [0.29, 0.717) is 11.4 Å². The van der Waals surface area contributed by atoms with Crippen molar-refractivity contribution >= 4 is 27.3 Å². The molecule has 1 N–H and O–H groups in total. The summed E-state index contributed by atoms with van der Waals surface area (Å²) < 4.78 is 28.2. The second kappa shape index (κ2) is 8.45. The predicted molar refractivity (Wildman–Crippen MR) is 114 cm³/mol. The van der Waals surface area contributed by atoms with Gasteiger partial charge in [0.2, 0.25) is 5.91 Å². The fraction of sp³-hybridized carbons (Fsp3) is 0.182. The molecule has 0 radical (unpaired) electrons. The zero-order chi connectivity index (χ0) is 21.0. The van der Waals surface area contributed by atoms with Crippen LogP contribution in [0.1, 0.15) is 18.1 Å². The third kappa shape index (κ3) is 4.46. The lowest BCUT2D eigenvalue weighted by molar-refractivity contribution is -0.116. The number of hydrogen-bond acceptors (Lipinski definition) is 4. The van der Waals surface area contributed by atoms with Gasteiger partial charge in [-0.2, -0.15) is 0 Å². The first kappa shape index (κ1) is 20.5. The highest BCUT2D eigenvalue weighted by molar-refractivity contribution is 7.93. The average molecular weight is 410 g/mol. The molecule has 0 aliphatic heterocycles. The van der Waals surface area contributed by atoms with Crippen LogP contribution in [0.2, 0.25) is 0 Å². The number of anilines is 2. The number of sulfonamides is 1. The number of benzene rings is 2. The summed E-state index contributed by atoms with van der Waals surface area (Å²) in [5, 5.41) is 2.74. The summed E-state index contributed by atoms with van der Waals surface area (Å²) in [5.41, 5.74) is 2.64. The molecule has 3 aromatic rings. The minimum absolute atomic E-state index is 0.127. The number of carbonyl (C=O) groups excluding carboxylic acids is 1. The number of pyridine rings is 1. The Morgan fingerprint density at radius 2 is 1.76 bits per heavy atom. The van der Waals surface area contributed by atoms with E-state index in [1.165, 1.54) is 22.6 Å². The Labute approximate surface area is 171 Å². The molecule has 1 amide bonds. The van der Waals surface area contributed by atoms with E-state index >= 15 is 0 Å². The van der Waals surface area contributed by atoms with Crippen LogP contribution in [0.5, 0.6) is 0 Å². The van der Waals surface area contributed by atoms with Crippen LogP contribution >= 0.6 is 0 Å². The van der Waals surface area contributed by atoms with E-state index < -0.39 is 22.0 Å². The summed E-state index contributed by atoms with van der Waals surface area (Å²) >= 11 is 0. The molecule has 29 heavy (non-hydrogen) atoms. The molecule has 150 valence electrons. The van der Waals surface area contributed by atoms with E-state index in [9.17, 15) is 13.2 Å². The molecule has 7 heteroatoms. The van der Waals surface area contributed by atoms with Crippen LogP contribution < -0.4 is 9.62 Å². The molecule has 0 spiro atoms. The highest BCUT2D eigenvalue weighted by Crippen LogP contribution is 2.30.